The predicted octanol–water partition coefficient (Wildman–Crippen LogP) is 3.04. The molecule has 2 aromatic rings. The van der Waals surface area contributed by atoms with Crippen molar-refractivity contribution in [1.82, 2.24) is 5.32 Å². The maximum absolute atomic E-state index is 12.7. The molecule has 0 fully saturated rings. The molecule has 0 spiro atoms. The number of benzene rings is 1. The number of nitrogens with zero attached hydrogens (tertiary/aromatic N) is 1. The molecule has 0 saturated carbocycles. The van der Waals surface area contributed by atoms with Crippen LogP contribution in [0.1, 0.15) is 37.5 Å². The molecule has 5 nitrogen and oxygen atoms in total. The fourth-order valence-electron chi connectivity index (χ4n) is 3.17. The molecule has 0 unspecified atom stereocenters. The van der Waals surface area contributed by atoms with Gasteiger partial charge < -0.3 is 9.73 Å². The Hall–Kier alpha value is -2.56. The zero-order valence-corrected chi connectivity index (χ0v) is 13.8. The van der Waals surface area contributed by atoms with Gasteiger partial charge in [0.05, 0.1) is 12.8 Å². The number of para-hydroxylation sites is 1. The van der Waals surface area contributed by atoms with E-state index in [-0.39, 0.29) is 11.8 Å². The number of furan rings is 1. The van der Waals surface area contributed by atoms with Crippen LogP contribution < -0.4 is 10.2 Å². The number of carbonyl (C=O) groups is 2. The number of fused-ring (bicyclic) bond motifs is 1. The van der Waals surface area contributed by atoms with Gasteiger partial charge in [-0.15, -0.1) is 0 Å². The number of rotatable bonds is 5. The molecule has 2 amide bonds. The lowest BCUT2D eigenvalue weighted by molar-refractivity contribution is -0.126. The van der Waals surface area contributed by atoms with E-state index in [2.05, 4.69) is 5.32 Å². The fourth-order valence-corrected chi connectivity index (χ4v) is 3.17. The molecule has 24 heavy (non-hydrogen) atoms. The third-order valence-electron chi connectivity index (χ3n) is 4.37. The minimum atomic E-state index is -0.508. The quantitative estimate of drug-likeness (QED) is 0.918. The van der Waals surface area contributed by atoms with E-state index >= 15 is 0 Å². The van der Waals surface area contributed by atoms with E-state index in [1.807, 2.05) is 37.3 Å². The van der Waals surface area contributed by atoms with Crippen molar-refractivity contribution in [3.8, 4) is 0 Å². The maximum atomic E-state index is 12.7. The van der Waals surface area contributed by atoms with E-state index in [0.29, 0.717) is 25.1 Å². The van der Waals surface area contributed by atoms with Gasteiger partial charge in [0.15, 0.2) is 0 Å². The van der Waals surface area contributed by atoms with Crippen LogP contribution in [0, 0.1) is 0 Å². The van der Waals surface area contributed by atoms with Gasteiger partial charge >= 0.3 is 0 Å². The van der Waals surface area contributed by atoms with Crippen molar-refractivity contribution in [2.24, 2.45) is 0 Å². The average Bonchev–Trinajstić information content (AvgIpc) is 3.06. The van der Waals surface area contributed by atoms with Crippen molar-refractivity contribution in [1.29, 1.82) is 0 Å². The molecule has 1 aliphatic heterocycles. The third kappa shape index (κ3) is 3.35. The SMILES string of the molecule is CC[C@H](C(=O)NCc1ccco1)N1C(=O)CCCc2ccccc21. The predicted molar refractivity (Wildman–Crippen MR) is 91.5 cm³/mol. The first-order valence-electron chi connectivity index (χ1n) is 8.40. The van der Waals surface area contributed by atoms with Crippen LogP contribution in [0.4, 0.5) is 5.69 Å². The summed E-state index contributed by atoms with van der Waals surface area (Å²) in [6.07, 6.45) is 4.29. The van der Waals surface area contributed by atoms with E-state index in [0.717, 1.165) is 24.1 Å². The lowest BCUT2D eigenvalue weighted by Crippen LogP contribution is -2.49. The number of carbonyl (C=O) groups excluding carboxylic acids is 2. The van der Waals surface area contributed by atoms with Crippen molar-refractivity contribution in [3.63, 3.8) is 0 Å². The second kappa shape index (κ2) is 7.34. The Bertz CT molecular complexity index is 709. The zero-order chi connectivity index (χ0) is 16.9. The summed E-state index contributed by atoms with van der Waals surface area (Å²) in [5.41, 5.74) is 1.99. The second-order valence-corrected chi connectivity index (χ2v) is 5.97. The normalized spacial score (nSPS) is 15.5. The number of hydrogen-bond acceptors (Lipinski definition) is 3. The van der Waals surface area contributed by atoms with Gasteiger partial charge in [-0.25, -0.2) is 0 Å². The standard InChI is InChI=1S/C19H22N2O3/c1-2-16(19(23)20-13-15-9-6-12-24-15)21-17-10-4-3-7-14(17)8-5-11-18(21)22/h3-4,6-7,9-10,12,16H,2,5,8,11,13H2,1H3,(H,20,23)/t16-/m1/s1. The summed E-state index contributed by atoms with van der Waals surface area (Å²) in [4.78, 5) is 27.0. The van der Waals surface area contributed by atoms with Crippen molar-refractivity contribution < 1.29 is 14.0 Å². The molecule has 126 valence electrons. The molecule has 1 aliphatic rings. The van der Waals surface area contributed by atoms with Crippen LogP contribution in [0.3, 0.4) is 0 Å². The molecular formula is C19H22N2O3. The summed E-state index contributed by atoms with van der Waals surface area (Å²) < 4.78 is 5.24. The summed E-state index contributed by atoms with van der Waals surface area (Å²) in [6, 6.07) is 10.9. The van der Waals surface area contributed by atoms with Crippen LogP contribution in [0.25, 0.3) is 0 Å². The molecular weight excluding hydrogens is 304 g/mol. The van der Waals surface area contributed by atoms with Gasteiger partial charge in [-0.1, -0.05) is 25.1 Å². The van der Waals surface area contributed by atoms with Crippen molar-refractivity contribution in [2.45, 2.75) is 45.2 Å². The van der Waals surface area contributed by atoms with Crippen LogP contribution in [0.15, 0.2) is 47.1 Å². The molecule has 0 aliphatic carbocycles. The van der Waals surface area contributed by atoms with Crippen LogP contribution >= 0.6 is 0 Å². The highest BCUT2D eigenvalue weighted by atomic mass is 16.3. The van der Waals surface area contributed by atoms with Gasteiger partial charge in [-0.05, 0) is 43.0 Å². The van der Waals surface area contributed by atoms with Gasteiger partial charge in [-0.3, -0.25) is 14.5 Å². The molecule has 0 saturated heterocycles. The largest absolute Gasteiger partial charge is 0.467 e. The summed E-state index contributed by atoms with van der Waals surface area (Å²) in [6.45, 7) is 2.25. The van der Waals surface area contributed by atoms with Crippen molar-refractivity contribution in [3.05, 3.63) is 54.0 Å². The highest BCUT2D eigenvalue weighted by molar-refractivity contribution is 6.01. The minimum Gasteiger partial charge on any atom is -0.467 e. The Labute approximate surface area is 141 Å². The highest BCUT2D eigenvalue weighted by Crippen LogP contribution is 2.29. The number of hydrogen-bond donors (Lipinski definition) is 1. The van der Waals surface area contributed by atoms with Crippen LogP contribution in [0.2, 0.25) is 0 Å². The topological polar surface area (TPSA) is 62.6 Å². The van der Waals surface area contributed by atoms with E-state index in [9.17, 15) is 9.59 Å². The first-order valence-corrected chi connectivity index (χ1v) is 8.40. The fraction of sp³-hybridized carbons (Fsp3) is 0.368. The summed E-state index contributed by atoms with van der Waals surface area (Å²) >= 11 is 0. The monoisotopic (exact) mass is 326 g/mol. The number of amides is 2. The van der Waals surface area contributed by atoms with E-state index in [1.165, 1.54) is 0 Å². The van der Waals surface area contributed by atoms with Gasteiger partial charge in [0.1, 0.15) is 11.8 Å². The Morgan fingerprint density at radius 3 is 2.83 bits per heavy atom. The molecule has 1 aromatic carbocycles. The van der Waals surface area contributed by atoms with Crippen LogP contribution in [-0.2, 0) is 22.6 Å². The van der Waals surface area contributed by atoms with Gasteiger partial charge in [0.2, 0.25) is 11.8 Å². The van der Waals surface area contributed by atoms with Crippen molar-refractivity contribution >= 4 is 17.5 Å². The first kappa shape index (κ1) is 16.3. The Balaban J connectivity index is 1.82. The summed E-state index contributed by atoms with van der Waals surface area (Å²) in [5.74, 6) is 0.555. The molecule has 0 bridgehead atoms. The van der Waals surface area contributed by atoms with E-state index < -0.39 is 6.04 Å². The van der Waals surface area contributed by atoms with Gasteiger partial charge in [0.25, 0.3) is 0 Å². The van der Waals surface area contributed by atoms with E-state index in [4.69, 9.17) is 4.42 Å². The molecule has 1 atom stereocenters. The summed E-state index contributed by atoms with van der Waals surface area (Å²) in [5, 5.41) is 2.88. The molecule has 1 aromatic heterocycles. The van der Waals surface area contributed by atoms with Crippen molar-refractivity contribution in [2.75, 3.05) is 4.90 Å². The molecule has 2 heterocycles. The third-order valence-corrected chi connectivity index (χ3v) is 4.37. The van der Waals surface area contributed by atoms with Crippen LogP contribution in [0.5, 0.6) is 0 Å². The highest BCUT2D eigenvalue weighted by Gasteiger charge is 2.32. The smallest absolute Gasteiger partial charge is 0.243 e. The second-order valence-electron chi connectivity index (χ2n) is 5.97. The summed E-state index contributed by atoms with van der Waals surface area (Å²) in [7, 11) is 0. The molecule has 0 radical (unpaired) electrons. The Morgan fingerprint density at radius 1 is 1.25 bits per heavy atom. The first-order chi connectivity index (χ1) is 11.7. The number of anilines is 1. The average molecular weight is 326 g/mol. The Kier molecular flexibility index (Phi) is 4.99. The Morgan fingerprint density at radius 2 is 2.08 bits per heavy atom. The zero-order valence-electron chi connectivity index (χ0n) is 13.8. The van der Waals surface area contributed by atoms with Crippen LogP contribution in [-0.4, -0.2) is 17.9 Å². The van der Waals surface area contributed by atoms with Gasteiger partial charge in [-0.2, -0.15) is 0 Å². The van der Waals surface area contributed by atoms with Gasteiger partial charge in [0, 0.05) is 12.1 Å². The lowest BCUT2D eigenvalue weighted by atomic mass is 10.1. The lowest BCUT2D eigenvalue weighted by Gasteiger charge is -2.30. The number of nitrogens with one attached hydrogen (secondary N) is 1. The molecule has 1 N–H and O–H groups in total. The number of aryl methyl sites for hydroxylation is 1. The minimum absolute atomic E-state index is 0.0138. The van der Waals surface area contributed by atoms with E-state index in [1.54, 1.807) is 17.2 Å². The molecule has 5 heteroatoms. The molecule has 3 rings (SSSR count). The maximum Gasteiger partial charge on any atom is 0.243 e.